The molecular formula is C8H18N4O2. The molecule has 2 amide bonds. The number of nitrogens with two attached hydrogens (primary N) is 1. The fourth-order valence-corrected chi connectivity index (χ4v) is 0.734. The number of urea groups is 1. The van der Waals surface area contributed by atoms with Crippen molar-refractivity contribution >= 4 is 11.9 Å². The van der Waals surface area contributed by atoms with Crippen molar-refractivity contribution in [1.29, 1.82) is 0 Å². The summed E-state index contributed by atoms with van der Waals surface area (Å²) in [4.78, 5) is 11.3. The molecule has 0 rings (SSSR count). The van der Waals surface area contributed by atoms with Gasteiger partial charge in [0.25, 0.3) is 0 Å². The van der Waals surface area contributed by atoms with Gasteiger partial charge in [-0.2, -0.15) is 0 Å². The molecule has 0 aliphatic carbocycles. The summed E-state index contributed by atoms with van der Waals surface area (Å²) >= 11 is 0. The van der Waals surface area contributed by atoms with Crippen LogP contribution in [-0.2, 0) is 0 Å². The van der Waals surface area contributed by atoms with Gasteiger partial charge in [-0.15, -0.1) is 0 Å². The van der Waals surface area contributed by atoms with Gasteiger partial charge in [-0.3, -0.25) is 0 Å². The molecule has 0 aromatic carbocycles. The molecule has 1 atom stereocenters. The van der Waals surface area contributed by atoms with Crippen molar-refractivity contribution in [3.05, 3.63) is 0 Å². The quantitative estimate of drug-likeness (QED) is 0.223. The highest BCUT2D eigenvalue weighted by molar-refractivity contribution is 5.89. The number of carbonyl (C=O) groups excluding carboxylic acids is 1. The topological polar surface area (TPSA) is 99.7 Å². The van der Waals surface area contributed by atoms with Crippen LogP contribution >= 0.6 is 0 Å². The Hall–Kier alpha value is -1.46. The van der Waals surface area contributed by atoms with Crippen LogP contribution in [0.5, 0.6) is 0 Å². The molecule has 5 N–H and O–H groups in total. The lowest BCUT2D eigenvalue weighted by atomic mass is 10.1. The van der Waals surface area contributed by atoms with E-state index in [1.54, 1.807) is 6.92 Å². The highest BCUT2D eigenvalue weighted by Crippen LogP contribution is 1.97. The molecular weight excluding hydrogens is 184 g/mol. The number of nitrogens with one attached hydrogen (secondary N) is 2. The first kappa shape index (κ1) is 12.5. The smallest absolute Gasteiger partial charge is 0.315 e. The van der Waals surface area contributed by atoms with Gasteiger partial charge in [0.05, 0.1) is 6.04 Å². The second kappa shape index (κ2) is 4.69. The Morgan fingerprint density at radius 2 is 2.00 bits per heavy atom. The molecule has 0 aliphatic heterocycles. The molecule has 0 saturated carbocycles. The van der Waals surface area contributed by atoms with Gasteiger partial charge in [0.2, 0.25) is 0 Å². The molecule has 6 heteroatoms. The van der Waals surface area contributed by atoms with E-state index in [1.807, 2.05) is 20.8 Å². The Morgan fingerprint density at radius 3 is 2.36 bits per heavy atom. The zero-order valence-electron chi connectivity index (χ0n) is 8.96. The molecule has 0 fully saturated rings. The lowest BCUT2D eigenvalue weighted by Gasteiger charge is -2.22. The maximum atomic E-state index is 11.3. The van der Waals surface area contributed by atoms with Gasteiger partial charge in [-0.1, -0.05) is 5.16 Å². The first-order chi connectivity index (χ1) is 6.26. The van der Waals surface area contributed by atoms with Crippen molar-refractivity contribution in [1.82, 2.24) is 10.6 Å². The summed E-state index contributed by atoms with van der Waals surface area (Å²) in [5, 5.41) is 16.3. The van der Waals surface area contributed by atoms with Crippen LogP contribution in [0.3, 0.4) is 0 Å². The number of rotatable bonds is 2. The molecule has 0 spiro atoms. The molecule has 0 aromatic rings. The SMILES string of the molecule is CC(NC(=O)NC(C)(C)C)/C(N)=N/O. The minimum atomic E-state index is -0.498. The Morgan fingerprint density at radius 1 is 1.50 bits per heavy atom. The van der Waals surface area contributed by atoms with Crippen molar-refractivity contribution in [2.24, 2.45) is 10.9 Å². The molecule has 82 valence electrons. The zero-order valence-corrected chi connectivity index (χ0v) is 8.96. The Bertz CT molecular complexity index is 232. The highest BCUT2D eigenvalue weighted by Gasteiger charge is 2.16. The average molecular weight is 202 g/mol. The summed E-state index contributed by atoms with van der Waals surface area (Å²) in [6.45, 7) is 7.21. The van der Waals surface area contributed by atoms with Gasteiger partial charge >= 0.3 is 6.03 Å². The Balaban J connectivity index is 4.08. The van der Waals surface area contributed by atoms with E-state index in [9.17, 15) is 4.79 Å². The van der Waals surface area contributed by atoms with Crippen molar-refractivity contribution < 1.29 is 10.0 Å². The standard InChI is InChI=1S/C8H18N4O2/c1-5(6(9)12-14)10-7(13)11-8(2,3)4/h5,14H,1-4H3,(H2,9,12)(H2,10,11,13). The van der Waals surface area contributed by atoms with Crippen LogP contribution < -0.4 is 16.4 Å². The normalized spacial score (nSPS) is 14.7. The number of hydrogen-bond acceptors (Lipinski definition) is 3. The maximum absolute atomic E-state index is 11.3. The fraction of sp³-hybridized carbons (Fsp3) is 0.750. The molecule has 6 nitrogen and oxygen atoms in total. The summed E-state index contributed by atoms with van der Waals surface area (Å²) < 4.78 is 0. The predicted octanol–water partition coefficient (Wildman–Crippen LogP) is 0.219. The molecule has 1 unspecified atom stereocenters. The first-order valence-corrected chi connectivity index (χ1v) is 4.32. The molecule has 0 radical (unpaired) electrons. The van der Waals surface area contributed by atoms with Crippen molar-refractivity contribution in [2.75, 3.05) is 0 Å². The van der Waals surface area contributed by atoms with Crippen LogP contribution in [0.4, 0.5) is 4.79 Å². The van der Waals surface area contributed by atoms with Crippen molar-refractivity contribution in [3.8, 4) is 0 Å². The highest BCUT2D eigenvalue weighted by atomic mass is 16.4. The van der Waals surface area contributed by atoms with Gasteiger partial charge in [0.1, 0.15) is 0 Å². The van der Waals surface area contributed by atoms with E-state index < -0.39 is 6.04 Å². The number of carbonyl (C=O) groups is 1. The number of amides is 2. The monoisotopic (exact) mass is 202 g/mol. The molecule has 0 bridgehead atoms. The molecule has 14 heavy (non-hydrogen) atoms. The van der Waals surface area contributed by atoms with E-state index in [0.29, 0.717) is 0 Å². The van der Waals surface area contributed by atoms with Gasteiger partial charge in [-0.05, 0) is 27.7 Å². The number of nitrogens with zero attached hydrogens (tertiary/aromatic N) is 1. The number of oxime groups is 1. The molecule has 0 aliphatic rings. The third kappa shape index (κ3) is 5.23. The van der Waals surface area contributed by atoms with Crippen LogP contribution in [0.1, 0.15) is 27.7 Å². The van der Waals surface area contributed by atoms with Gasteiger partial charge in [0.15, 0.2) is 5.84 Å². The van der Waals surface area contributed by atoms with Crippen LogP contribution in [-0.4, -0.2) is 28.7 Å². The summed E-state index contributed by atoms with van der Waals surface area (Å²) in [5.41, 5.74) is 4.98. The first-order valence-electron chi connectivity index (χ1n) is 4.32. The minimum Gasteiger partial charge on any atom is -0.409 e. The van der Waals surface area contributed by atoms with Gasteiger partial charge in [0, 0.05) is 5.54 Å². The fourth-order valence-electron chi connectivity index (χ4n) is 0.734. The van der Waals surface area contributed by atoms with E-state index in [0.717, 1.165) is 0 Å². The van der Waals surface area contributed by atoms with E-state index in [2.05, 4.69) is 15.8 Å². The lowest BCUT2D eigenvalue weighted by Crippen LogP contribution is -2.52. The Labute approximate surface area is 83.5 Å². The third-order valence-corrected chi connectivity index (χ3v) is 1.40. The maximum Gasteiger partial charge on any atom is 0.315 e. The number of amidine groups is 1. The summed E-state index contributed by atoms with van der Waals surface area (Å²) in [6, 6.07) is -0.848. The average Bonchev–Trinajstić information content (AvgIpc) is 1.99. The van der Waals surface area contributed by atoms with Crippen molar-refractivity contribution in [2.45, 2.75) is 39.3 Å². The second-order valence-electron chi connectivity index (χ2n) is 4.10. The molecule has 0 aromatic heterocycles. The zero-order chi connectivity index (χ0) is 11.4. The summed E-state index contributed by atoms with van der Waals surface area (Å²) in [7, 11) is 0. The van der Waals surface area contributed by atoms with E-state index in [4.69, 9.17) is 10.9 Å². The third-order valence-electron chi connectivity index (χ3n) is 1.40. The van der Waals surface area contributed by atoms with Crippen molar-refractivity contribution in [3.63, 3.8) is 0 Å². The van der Waals surface area contributed by atoms with Crippen LogP contribution in [0.15, 0.2) is 5.16 Å². The van der Waals surface area contributed by atoms with E-state index in [-0.39, 0.29) is 17.4 Å². The lowest BCUT2D eigenvalue weighted by molar-refractivity contribution is 0.231. The van der Waals surface area contributed by atoms with E-state index in [1.165, 1.54) is 0 Å². The van der Waals surface area contributed by atoms with Crippen LogP contribution in [0, 0.1) is 0 Å². The minimum absolute atomic E-state index is 0.0333. The molecule has 0 saturated heterocycles. The van der Waals surface area contributed by atoms with Gasteiger partial charge in [-0.25, -0.2) is 4.79 Å². The van der Waals surface area contributed by atoms with E-state index >= 15 is 0 Å². The van der Waals surface area contributed by atoms with Gasteiger partial charge < -0.3 is 21.6 Å². The number of hydrogen-bond donors (Lipinski definition) is 4. The Kier molecular flexibility index (Phi) is 4.20. The van der Waals surface area contributed by atoms with Crippen LogP contribution in [0.25, 0.3) is 0 Å². The summed E-state index contributed by atoms with van der Waals surface area (Å²) in [6.07, 6.45) is 0. The van der Waals surface area contributed by atoms with Crippen LogP contribution in [0.2, 0.25) is 0 Å². The second-order valence-corrected chi connectivity index (χ2v) is 4.10. The molecule has 0 heterocycles. The summed E-state index contributed by atoms with van der Waals surface area (Å²) in [5.74, 6) is -0.0333. The predicted molar refractivity (Wildman–Crippen MR) is 54.3 cm³/mol. The largest absolute Gasteiger partial charge is 0.409 e.